The molecule has 2 amide bonds. The predicted octanol–water partition coefficient (Wildman–Crippen LogP) is 2.06. The van der Waals surface area contributed by atoms with Gasteiger partial charge in [-0.15, -0.1) is 0 Å². The summed E-state index contributed by atoms with van der Waals surface area (Å²) in [7, 11) is 0. The zero-order valence-corrected chi connectivity index (χ0v) is 11.3. The van der Waals surface area contributed by atoms with Crippen molar-refractivity contribution in [2.24, 2.45) is 5.92 Å². The minimum absolute atomic E-state index is 0.174. The van der Waals surface area contributed by atoms with Crippen LogP contribution in [0.15, 0.2) is 18.2 Å². The fourth-order valence-electron chi connectivity index (χ4n) is 2.23. The first-order valence-electron chi connectivity index (χ1n) is 6.54. The molecule has 0 radical (unpaired) electrons. The molecule has 1 fully saturated rings. The monoisotopic (exact) mass is 276 g/mol. The Hall–Kier alpha value is -2.29. The maximum atomic E-state index is 13.5. The van der Waals surface area contributed by atoms with E-state index in [1.807, 2.05) is 6.92 Å². The van der Waals surface area contributed by atoms with E-state index in [-0.39, 0.29) is 11.6 Å². The van der Waals surface area contributed by atoms with Crippen LogP contribution in [0.4, 0.5) is 14.9 Å². The number of benzene rings is 1. The number of carbonyl (C=O) groups excluding carboxylic acids is 1. The number of amides is 2. The second kappa shape index (κ2) is 6.24. The van der Waals surface area contributed by atoms with Crippen LogP contribution in [0.5, 0.6) is 0 Å². The number of nitrogens with one attached hydrogen (secondary N) is 2. The number of anilines is 1. The summed E-state index contributed by atoms with van der Waals surface area (Å²) in [6.07, 6.45) is 2.97. The molecular formula is C14H17FN4O. The molecule has 0 spiro atoms. The highest BCUT2D eigenvalue weighted by Crippen LogP contribution is 2.16. The second-order valence-electron chi connectivity index (χ2n) is 5.02. The first-order valence-corrected chi connectivity index (χ1v) is 6.54. The van der Waals surface area contributed by atoms with E-state index in [4.69, 9.17) is 5.26 Å². The Kier molecular flexibility index (Phi) is 4.41. The highest BCUT2D eigenvalue weighted by Gasteiger charge is 2.21. The van der Waals surface area contributed by atoms with Crippen LogP contribution in [0.25, 0.3) is 0 Å². The van der Waals surface area contributed by atoms with E-state index in [1.54, 1.807) is 17.0 Å². The molecule has 106 valence electrons. The third-order valence-corrected chi connectivity index (χ3v) is 3.35. The number of nitriles is 1. The molecule has 0 aromatic heterocycles. The summed E-state index contributed by atoms with van der Waals surface area (Å²) in [5.41, 5.74) is 1.05. The van der Waals surface area contributed by atoms with Crippen molar-refractivity contribution in [1.29, 1.82) is 5.26 Å². The van der Waals surface area contributed by atoms with E-state index in [9.17, 15) is 9.18 Å². The minimum atomic E-state index is -0.456. The average Bonchev–Trinajstić information content (AvgIpc) is 2.89. The van der Waals surface area contributed by atoms with E-state index >= 15 is 0 Å². The molecule has 0 aliphatic carbocycles. The highest BCUT2D eigenvalue weighted by atomic mass is 19.1. The minimum Gasteiger partial charge on any atom is -0.338 e. The van der Waals surface area contributed by atoms with Gasteiger partial charge in [0.05, 0.1) is 5.69 Å². The van der Waals surface area contributed by atoms with Crippen LogP contribution in [0.2, 0.25) is 0 Å². The Balaban J connectivity index is 1.81. The molecule has 1 unspecified atom stereocenters. The molecule has 0 saturated carbocycles. The molecule has 5 nitrogen and oxygen atoms in total. The molecule has 2 N–H and O–H groups in total. The summed E-state index contributed by atoms with van der Waals surface area (Å²) in [5.74, 6) is -0.190. The van der Waals surface area contributed by atoms with Crippen LogP contribution in [0.1, 0.15) is 12.0 Å². The Morgan fingerprint density at radius 2 is 2.40 bits per heavy atom. The SMILES string of the molecule is Cc1ccc(F)c(NC(=O)NCC2CCN(C#N)C2)c1. The molecule has 0 bridgehead atoms. The number of urea groups is 1. The van der Waals surface area contributed by atoms with Crippen LogP contribution in [-0.4, -0.2) is 30.6 Å². The normalized spacial score (nSPS) is 17.6. The molecule has 1 aromatic rings. The summed E-state index contributed by atoms with van der Waals surface area (Å²) in [5, 5.41) is 14.0. The van der Waals surface area contributed by atoms with Gasteiger partial charge in [0.15, 0.2) is 6.19 Å². The van der Waals surface area contributed by atoms with Crippen LogP contribution in [0, 0.1) is 30.1 Å². The van der Waals surface area contributed by atoms with Crippen LogP contribution in [-0.2, 0) is 0 Å². The molecule has 1 saturated heterocycles. The smallest absolute Gasteiger partial charge is 0.319 e. The lowest BCUT2D eigenvalue weighted by atomic mass is 10.1. The fraction of sp³-hybridized carbons (Fsp3) is 0.429. The highest BCUT2D eigenvalue weighted by molar-refractivity contribution is 5.89. The number of carbonyl (C=O) groups is 1. The summed E-state index contributed by atoms with van der Waals surface area (Å²) < 4.78 is 13.5. The molecule has 1 heterocycles. The van der Waals surface area contributed by atoms with Gasteiger partial charge in [-0.3, -0.25) is 0 Å². The zero-order valence-electron chi connectivity index (χ0n) is 11.3. The first-order chi connectivity index (χ1) is 9.58. The van der Waals surface area contributed by atoms with Gasteiger partial charge in [0.2, 0.25) is 0 Å². The van der Waals surface area contributed by atoms with E-state index in [1.165, 1.54) is 6.07 Å². The molecule has 1 aliphatic rings. The summed E-state index contributed by atoms with van der Waals surface area (Å²) in [4.78, 5) is 13.4. The lowest BCUT2D eigenvalue weighted by Crippen LogP contribution is -2.34. The van der Waals surface area contributed by atoms with E-state index in [2.05, 4.69) is 16.8 Å². The number of hydrogen-bond acceptors (Lipinski definition) is 3. The molecule has 1 aromatic carbocycles. The molecular weight excluding hydrogens is 259 g/mol. The molecule has 1 atom stereocenters. The van der Waals surface area contributed by atoms with Gasteiger partial charge < -0.3 is 15.5 Å². The Morgan fingerprint density at radius 3 is 3.10 bits per heavy atom. The van der Waals surface area contributed by atoms with Crippen LogP contribution >= 0.6 is 0 Å². The van der Waals surface area contributed by atoms with Crippen molar-refractivity contribution in [3.8, 4) is 6.19 Å². The lowest BCUT2D eigenvalue weighted by Gasteiger charge is -2.12. The van der Waals surface area contributed by atoms with Crippen molar-refractivity contribution in [2.45, 2.75) is 13.3 Å². The van der Waals surface area contributed by atoms with Gasteiger partial charge >= 0.3 is 6.03 Å². The van der Waals surface area contributed by atoms with Gasteiger partial charge in [-0.1, -0.05) is 6.07 Å². The summed E-state index contributed by atoms with van der Waals surface area (Å²) in [6.45, 7) is 3.71. The molecule has 6 heteroatoms. The first kappa shape index (κ1) is 14.1. The van der Waals surface area contributed by atoms with Gasteiger partial charge in [-0.2, -0.15) is 5.26 Å². The Labute approximate surface area is 117 Å². The van der Waals surface area contributed by atoms with E-state index in [0.29, 0.717) is 13.1 Å². The lowest BCUT2D eigenvalue weighted by molar-refractivity contribution is 0.250. The van der Waals surface area contributed by atoms with Gasteiger partial charge in [-0.25, -0.2) is 9.18 Å². The maximum Gasteiger partial charge on any atom is 0.319 e. The third kappa shape index (κ3) is 3.60. The number of nitrogens with zero attached hydrogens (tertiary/aromatic N) is 2. The zero-order chi connectivity index (χ0) is 14.5. The topological polar surface area (TPSA) is 68.2 Å². The van der Waals surface area contributed by atoms with Crippen molar-refractivity contribution < 1.29 is 9.18 Å². The summed E-state index contributed by atoms with van der Waals surface area (Å²) >= 11 is 0. The van der Waals surface area contributed by atoms with Crippen molar-refractivity contribution in [3.05, 3.63) is 29.6 Å². The number of rotatable bonds is 3. The van der Waals surface area contributed by atoms with Gasteiger partial charge in [-0.05, 0) is 37.0 Å². The van der Waals surface area contributed by atoms with Gasteiger partial charge in [0.1, 0.15) is 5.82 Å². The van der Waals surface area contributed by atoms with Crippen molar-refractivity contribution in [2.75, 3.05) is 25.0 Å². The quantitative estimate of drug-likeness (QED) is 0.830. The largest absolute Gasteiger partial charge is 0.338 e. The number of hydrogen-bond donors (Lipinski definition) is 2. The molecule has 2 rings (SSSR count). The fourth-order valence-corrected chi connectivity index (χ4v) is 2.23. The predicted molar refractivity (Wildman–Crippen MR) is 73.5 cm³/mol. The molecule has 20 heavy (non-hydrogen) atoms. The van der Waals surface area contributed by atoms with Gasteiger partial charge in [0, 0.05) is 19.6 Å². The van der Waals surface area contributed by atoms with Crippen molar-refractivity contribution in [1.82, 2.24) is 10.2 Å². The number of halogens is 1. The number of aryl methyl sites for hydroxylation is 1. The van der Waals surface area contributed by atoms with Crippen LogP contribution < -0.4 is 10.6 Å². The maximum absolute atomic E-state index is 13.5. The van der Waals surface area contributed by atoms with Gasteiger partial charge in [0.25, 0.3) is 0 Å². The van der Waals surface area contributed by atoms with E-state index in [0.717, 1.165) is 18.5 Å². The summed E-state index contributed by atoms with van der Waals surface area (Å²) in [6, 6.07) is 4.13. The Morgan fingerprint density at radius 1 is 1.60 bits per heavy atom. The Bertz CT molecular complexity index is 540. The average molecular weight is 276 g/mol. The van der Waals surface area contributed by atoms with Crippen molar-refractivity contribution in [3.63, 3.8) is 0 Å². The van der Waals surface area contributed by atoms with Crippen LogP contribution in [0.3, 0.4) is 0 Å². The number of likely N-dealkylation sites (tertiary alicyclic amines) is 1. The van der Waals surface area contributed by atoms with Crippen molar-refractivity contribution >= 4 is 11.7 Å². The second-order valence-corrected chi connectivity index (χ2v) is 5.02. The van der Waals surface area contributed by atoms with E-state index < -0.39 is 11.8 Å². The standard InChI is InChI=1S/C14H17FN4O/c1-10-2-3-12(15)13(6-10)18-14(20)17-7-11-4-5-19(8-11)9-16/h2-3,6,11H,4-5,7-8H2,1H3,(H2,17,18,20). The molecule has 1 aliphatic heterocycles. The third-order valence-electron chi connectivity index (χ3n) is 3.35.